The standard InChI is InChI=1S/C10H16N4O.2ClH/c1-2-3-11-4-7-14-10(15)9-8-12-5-6-13-9;;/h5-6,8,11H,2-4,7H2,1H3,(H,14,15);2*1H. The van der Waals surface area contributed by atoms with Crippen molar-refractivity contribution in [3.63, 3.8) is 0 Å². The smallest absolute Gasteiger partial charge is 0.271 e. The fourth-order valence-electron chi connectivity index (χ4n) is 1.07. The van der Waals surface area contributed by atoms with Gasteiger partial charge >= 0.3 is 0 Å². The maximum atomic E-state index is 11.4. The second-order valence-electron chi connectivity index (χ2n) is 3.10. The molecule has 1 aromatic rings. The van der Waals surface area contributed by atoms with Gasteiger partial charge in [0.1, 0.15) is 5.69 Å². The van der Waals surface area contributed by atoms with Gasteiger partial charge in [0.15, 0.2) is 0 Å². The highest BCUT2D eigenvalue weighted by atomic mass is 35.5. The third-order valence-corrected chi connectivity index (χ3v) is 1.81. The largest absolute Gasteiger partial charge is 0.349 e. The zero-order chi connectivity index (χ0) is 10.9. The number of carbonyl (C=O) groups is 1. The first-order chi connectivity index (χ1) is 7.34. The Hall–Kier alpha value is -0.910. The van der Waals surface area contributed by atoms with E-state index in [1.54, 1.807) is 6.20 Å². The highest BCUT2D eigenvalue weighted by molar-refractivity contribution is 5.91. The Morgan fingerprint density at radius 1 is 1.24 bits per heavy atom. The second-order valence-corrected chi connectivity index (χ2v) is 3.10. The van der Waals surface area contributed by atoms with Crippen molar-refractivity contribution in [2.24, 2.45) is 0 Å². The van der Waals surface area contributed by atoms with Gasteiger partial charge < -0.3 is 10.6 Å². The molecule has 0 bridgehead atoms. The van der Waals surface area contributed by atoms with Crippen molar-refractivity contribution in [2.45, 2.75) is 13.3 Å². The molecular weight excluding hydrogens is 263 g/mol. The van der Waals surface area contributed by atoms with Gasteiger partial charge in [0.25, 0.3) is 5.91 Å². The molecule has 1 amide bonds. The Morgan fingerprint density at radius 3 is 2.59 bits per heavy atom. The Balaban J connectivity index is 0. The van der Waals surface area contributed by atoms with E-state index in [0.717, 1.165) is 19.5 Å². The molecule has 0 saturated carbocycles. The van der Waals surface area contributed by atoms with Crippen molar-refractivity contribution in [3.8, 4) is 0 Å². The van der Waals surface area contributed by atoms with Crippen LogP contribution in [0.2, 0.25) is 0 Å². The number of hydrogen-bond acceptors (Lipinski definition) is 4. The molecule has 0 aromatic carbocycles. The minimum Gasteiger partial charge on any atom is -0.349 e. The van der Waals surface area contributed by atoms with Gasteiger partial charge in [0.05, 0.1) is 6.20 Å². The number of carbonyl (C=O) groups excluding carboxylic acids is 1. The highest BCUT2D eigenvalue weighted by Crippen LogP contribution is 1.88. The van der Waals surface area contributed by atoms with Crippen LogP contribution in [0.5, 0.6) is 0 Å². The van der Waals surface area contributed by atoms with Crippen LogP contribution in [0.3, 0.4) is 0 Å². The van der Waals surface area contributed by atoms with E-state index in [-0.39, 0.29) is 30.7 Å². The quantitative estimate of drug-likeness (QED) is 0.765. The van der Waals surface area contributed by atoms with E-state index in [4.69, 9.17) is 0 Å². The Kier molecular flexibility index (Phi) is 12.6. The number of amides is 1. The third kappa shape index (κ3) is 7.90. The van der Waals surface area contributed by atoms with Crippen molar-refractivity contribution in [1.82, 2.24) is 20.6 Å². The molecule has 5 nitrogen and oxygen atoms in total. The van der Waals surface area contributed by atoms with Crippen LogP contribution in [-0.2, 0) is 0 Å². The molecule has 17 heavy (non-hydrogen) atoms. The molecule has 0 fully saturated rings. The molecule has 0 atom stereocenters. The maximum Gasteiger partial charge on any atom is 0.271 e. The molecule has 0 aliphatic carbocycles. The van der Waals surface area contributed by atoms with Gasteiger partial charge in [-0.2, -0.15) is 0 Å². The molecule has 7 heteroatoms. The monoisotopic (exact) mass is 280 g/mol. The SMILES string of the molecule is CCCNCCNC(=O)c1cnccn1.Cl.Cl. The Morgan fingerprint density at radius 2 is 2.00 bits per heavy atom. The van der Waals surface area contributed by atoms with Crippen LogP contribution in [-0.4, -0.2) is 35.5 Å². The summed E-state index contributed by atoms with van der Waals surface area (Å²) in [6, 6.07) is 0. The average Bonchev–Trinajstić information content (AvgIpc) is 2.30. The number of rotatable bonds is 6. The molecule has 98 valence electrons. The van der Waals surface area contributed by atoms with Gasteiger partial charge in [-0.05, 0) is 13.0 Å². The molecule has 1 rings (SSSR count). The van der Waals surface area contributed by atoms with Crippen LogP contribution in [0.4, 0.5) is 0 Å². The molecule has 0 radical (unpaired) electrons. The van der Waals surface area contributed by atoms with Crippen molar-refractivity contribution >= 4 is 30.7 Å². The summed E-state index contributed by atoms with van der Waals surface area (Å²) < 4.78 is 0. The summed E-state index contributed by atoms with van der Waals surface area (Å²) >= 11 is 0. The van der Waals surface area contributed by atoms with Crippen LogP contribution < -0.4 is 10.6 Å². The Labute approximate surface area is 114 Å². The molecule has 0 aliphatic heterocycles. The minimum atomic E-state index is -0.179. The van der Waals surface area contributed by atoms with Crippen molar-refractivity contribution in [2.75, 3.05) is 19.6 Å². The normalized spacial score (nSPS) is 8.76. The summed E-state index contributed by atoms with van der Waals surface area (Å²) in [6.45, 7) is 4.46. The van der Waals surface area contributed by atoms with E-state index >= 15 is 0 Å². The van der Waals surface area contributed by atoms with E-state index in [1.165, 1.54) is 12.4 Å². The topological polar surface area (TPSA) is 66.9 Å². The van der Waals surface area contributed by atoms with Gasteiger partial charge in [-0.1, -0.05) is 6.92 Å². The molecule has 0 aliphatic rings. The summed E-state index contributed by atoms with van der Waals surface area (Å²) in [6.07, 6.45) is 5.59. The van der Waals surface area contributed by atoms with Crippen LogP contribution in [0, 0.1) is 0 Å². The van der Waals surface area contributed by atoms with Crippen LogP contribution in [0.15, 0.2) is 18.6 Å². The maximum absolute atomic E-state index is 11.4. The van der Waals surface area contributed by atoms with Gasteiger partial charge in [-0.3, -0.25) is 9.78 Å². The predicted octanol–water partition coefficient (Wildman–Crippen LogP) is 1.05. The van der Waals surface area contributed by atoms with Crippen LogP contribution >= 0.6 is 24.8 Å². The lowest BCUT2D eigenvalue weighted by molar-refractivity contribution is 0.0948. The van der Waals surface area contributed by atoms with Crippen molar-refractivity contribution < 1.29 is 4.79 Å². The lowest BCUT2D eigenvalue weighted by atomic mass is 10.4. The molecule has 0 spiro atoms. The summed E-state index contributed by atoms with van der Waals surface area (Å²) in [7, 11) is 0. The summed E-state index contributed by atoms with van der Waals surface area (Å²) in [4.78, 5) is 19.2. The first kappa shape index (κ1) is 18.5. The van der Waals surface area contributed by atoms with Crippen LogP contribution in [0.25, 0.3) is 0 Å². The average molecular weight is 281 g/mol. The van der Waals surface area contributed by atoms with Gasteiger partial charge in [-0.25, -0.2) is 4.98 Å². The lowest BCUT2D eigenvalue weighted by Gasteiger charge is -2.04. The minimum absolute atomic E-state index is 0. The first-order valence-corrected chi connectivity index (χ1v) is 5.09. The first-order valence-electron chi connectivity index (χ1n) is 5.09. The second kappa shape index (κ2) is 11.6. The zero-order valence-corrected chi connectivity index (χ0v) is 11.3. The summed E-state index contributed by atoms with van der Waals surface area (Å²) in [5.41, 5.74) is 0.355. The van der Waals surface area contributed by atoms with Gasteiger partial charge in [0.2, 0.25) is 0 Å². The third-order valence-electron chi connectivity index (χ3n) is 1.81. The molecule has 1 aromatic heterocycles. The Bertz CT molecular complexity index is 298. The molecule has 0 saturated heterocycles. The molecule has 1 heterocycles. The van der Waals surface area contributed by atoms with E-state index in [9.17, 15) is 4.79 Å². The molecule has 2 N–H and O–H groups in total. The fourth-order valence-corrected chi connectivity index (χ4v) is 1.07. The van der Waals surface area contributed by atoms with Gasteiger partial charge in [-0.15, -0.1) is 24.8 Å². The molecular formula is C10H18Cl2N4O. The predicted molar refractivity (Wildman–Crippen MR) is 72.0 cm³/mol. The fraction of sp³-hybridized carbons (Fsp3) is 0.500. The number of nitrogens with one attached hydrogen (secondary N) is 2. The number of aromatic nitrogens is 2. The van der Waals surface area contributed by atoms with Crippen molar-refractivity contribution in [1.29, 1.82) is 0 Å². The summed E-state index contributed by atoms with van der Waals surface area (Å²) in [5.74, 6) is -0.179. The van der Waals surface area contributed by atoms with E-state index in [1.807, 2.05) is 0 Å². The number of hydrogen-bond donors (Lipinski definition) is 2. The molecule has 0 unspecified atom stereocenters. The van der Waals surface area contributed by atoms with E-state index < -0.39 is 0 Å². The van der Waals surface area contributed by atoms with E-state index in [0.29, 0.717) is 12.2 Å². The van der Waals surface area contributed by atoms with Crippen LogP contribution in [0.1, 0.15) is 23.8 Å². The van der Waals surface area contributed by atoms with E-state index in [2.05, 4.69) is 27.5 Å². The number of halogens is 2. The van der Waals surface area contributed by atoms with Crippen molar-refractivity contribution in [3.05, 3.63) is 24.3 Å². The van der Waals surface area contributed by atoms with Gasteiger partial charge in [0, 0.05) is 25.5 Å². The number of nitrogens with zero attached hydrogens (tertiary/aromatic N) is 2. The highest BCUT2D eigenvalue weighted by Gasteiger charge is 2.04. The zero-order valence-electron chi connectivity index (χ0n) is 9.68. The lowest BCUT2D eigenvalue weighted by Crippen LogP contribution is -2.32. The summed E-state index contributed by atoms with van der Waals surface area (Å²) in [5, 5.41) is 5.95.